The molecule has 90 valence electrons. The summed E-state index contributed by atoms with van der Waals surface area (Å²) in [5, 5.41) is 3.29. The van der Waals surface area contributed by atoms with Crippen molar-refractivity contribution in [1.82, 2.24) is 5.32 Å². The van der Waals surface area contributed by atoms with Gasteiger partial charge in [-0.1, -0.05) is 34.1 Å². The molecule has 2 aromatic rings. The number of halogens is 1. The second kappa shape index (κ2) is 5.07. The molecule has 0 aliphatic carbocycles. The van der Waals surface area contributed by atoms with Gasteiger partial charge in [0.1, 0.15) is 11.5 Å². The zero-order valence-electron chi connectivity index (χ0n) is 10.3. The standard InChI is InChI=1S/C14H16BrNO/c1-9-8-13(17-10(9)2)14(16-3)11-6-4-5-7-12(11)15/h4-8,14,16H,1-3H3. The van der Waals surface area contributed by atoms with Gasteiger partial charge in [-0.2, -0.15) is 0 Å². The Balaban J connectivity index is 2.44. The van der Waals surface area contributed by atoms with Gasteiger partial charge < -0.3 is 9.73 Å². The van der Waals surface area contributed by atoms with E-state index < -0.39 is 0 Å². The van der Waals surface area contributed by atoms with Gasteiger partial charge in [0, 0.05) is 4.47 Å². The Bertz CT molecular complexity index is 499. The molecule has 0 saturated heterocycles. The predicted molar refractivity (Wildman–Crippen MR) is 73.2 cm³/mol. The normalized spacial score (nSPS) is 12.7. The third kappa shape index (κ3) is 2.45. The van der Waals surface area contributed by atoms with E-state index in [0.717, 1.165) is 16.0 Å². The summed E-state index contributed by atoms with van der Waals surface area (Å²) >= 11 is 3.58. The van der Waals surface area contributed by atoms with Crippen LogP contribution >= 0.6 is 15.9 Å². The summed E-state index contributed by atoms with van der Waals surface area (Å²) < 4.78 is 6.88. The summed E-state index contributed by atoms with van der Waals surface area (Å²) in [5.41, 5.74) is 2.37. The smallest absolute Gasteiger partial charge is 0.125 e. The van der Waals surface area contributed by atoms with Crippen molar-refractivity contribution in [2.24, 2.45) is 0 Å². The summed E-state index contributed by atoms with van der Waals surface area (Å²) in [5.74, 6) is 1.93. The molecule has 1 N–H and O–H groups in total. The summed E-state index contributed by atoms with van der Waals surface area (Å²) in [6, 6.07) is 10.4. The van der Waals surface area contributed by atoms with Crippen LogP contribution in [-0.4, -0.2) is 7.05 Å². The molecule has 1 aromatic carbocycles. The molecule has 1 atom stereocenters. The molecule has 0 aliphatic rings. The Kier molecular flexibility index (Phi) is 3.69. The second-order valence-electron chi connectivity index (χ2n) is 4.13. The van der Waals surface area contributed by atoms with E-state index in [2.05, 4.69) is 40.3 Å². The van der Waals surface area contributed by atoms with Gasteiger partial charge in [-0.15, -0.1) is 0 Å². The Hall–Kier alpha value is -1.06. The molecule has 0 bridgehead atoms. The van der Waals surface area contributed by atoms with Crippen LogP contribution in [0.5, 0.6) is 0 Å². The average molecular weight is 294 g/mol. The van der Waals surface area contributed by atoms with Crippen molar-refractivity contribution in [3.05, 3.63) is 57.5 Å². The molecule has 3 heteroatoms. The SMILES string of the molecule is CNC(c1cc(C)c(C)o1)c1ccccc1Br. The first kappa shape index (κ1) is 12.4. The summed E-state index contributed by atoms with van der Waals surface area (Å²) in [7, 11) is 1.94. The summed E-state index contributed by atoms with van der Waals surface area (Å²) in [4.78, 5) is 0. The molecule has 0 aliphatic heterocycles. The molecule has 0 spiro atoms. The average Bonchev–Trinajstić information content (AvgIpc) is 2.63. The molecule has 0 radical (unpaired) electrons. The van der Waals surface area contributed by atoms with Gasteiger partial charge in [0.15, 0.2) is 0 Å². The van der Waals surface area contributed by atoms with E-state index in [-0.39, 0.29) is 6.04 Å². The highest BCUT2D eigenvalue weighted by Gasteiger charge is 2.18. The Morgan fingerprint density at radius 3 is 2.47 bits per heavy atom. The third-order valence-corrected chi connectivity index (χ3v) is 3.70. The molecule has 17 heavy (non-hydrogen) atoms. The van der Waals surface area contributed by atoms with Crippen LogP contribution in [0.25, 0.3) is 0 Å². The Morgan fingerprint density at radius 2 is 1.94 bits per heavy atom. The van der Waals surface area contributed by atoms with Gasteiger partial charge >= 0.3 is 0 Å². The fourth-order valence-corrected chi connectivity index (χ4v) is 2.42. The van der Waals surface area contributed by atoms with E-state index in [1.165, 1.54) is 11.1 Å². The quantitative estimate of drug-likeness (QED) is 0.926. The molecule has 1 aromatic heterocycles. The predicted octanol–water partition coefficient (Wildman–Crippen LogP) is 3.97. The number of benzene rings is 1. The van der Waals surface area contributed by atoms with Crippen LogP contribution in [0.1, 0.15) is 28.7 Å². The van der Waals surface area contributed by atoms with Gasteiger partial charge in [-0.05, 0) is 44.2 Å². The van der Waals surface area contributed by atoms with E-state index in [1.54, 1.807) is 0 Å². The van der Waals surface area contributed by atoms with Gasteiger partial charge in [-0.25, -0.2) is 0 Å². The first-order valence-electron chi connectivity index (χ1n) is 5.62. The lowest BCUT2D eigenvalue weighted by atomic mass is 10.0. The van der Waals surface area contributed by atoms with E-state index in [1.807, 2.05) is 32.2 Å². The van der Waals surface area contributed by atoms with E-state index >= 15 is 0 Å². The van der Waals surface area contributed by atoms with Crippen molar-refractivity contribution in [3.8, 4) is 0 Å². The van der Waals surface area contributed by atoms with Crippen LogP contribution < -0.4 is 5.32 Å². The summed E-state index contributed by atoms with van der Waals surface area (Å²) in [6.45, 7) is 4.06. The fraction of sp³-hybridized carbons (Fsp3) is 0.286. The van der Waals surface area contributed by atoms with Crippen molar-refractivity contribution in [2.45, 2.75) is 19.9 Å². The number of hydrogen-bond donors (Lipinski definition) is 1. The number of nitrogens with one attached hydrogen (secondary N) is 1. The largest absolute Gasteiger partial charge is 0.464 e. The van der Waals surface area contributed by atoms with Crippen molar-refractivity contribution >= 4 is 15.9 Å². The number of hydrogen-bond acceptors (Lipinski definition) is 2. The molecular weight excluding hydrogens is 278 g/mol. The lowest BCUT2D eigenvalue weighted by molar-refractivity contribution is 0.442. The zero-order chi connectivity index (χ0) is 12.4. The van der Waals surface area contributed by atoms with Crippen molar-refractivity contribution in [2.75, 3.05) is 7.05 Å². The highest BCUT2D eigenvalue weighted by Crippen LogP contribution is 2.30. The molecule has 1 unspecified atom stereocenters. The number of furan rings is 1. The molecule has 0 amide bonds. The number of rotatable bonds is 3. The monoisotopic (exact) mass is 293 g/mol. The van der Waals surface area contributed by atoms with E-state index in [0.29, 0.717) is 0 Å². The topological polar surface area (TPSA) is 25.2 Å². The first-order chi connectivity index (χ1) is 8.13. The van der Waals surface area contributed by atoms with E-state index in [4.69, 9.17) is 4.42 Å². The van der Waals surface area contributed by atoms with Crippen LogP contribution in [0.2, 0.25) is 0 Å². The maximum atomic E-state index is 5.79. The maximum absolute atomic E-state index is 5.79. The zero-order valence-corrected chi connectivity index (χ0v) is 11.8. The Labute approximate surface area is 110 Å². The van der Waals surface area contributed by atoms with Gasteiger partial charge in [-0.3, -0.25) is 0 Å². The maximum Gasteiger partial charge on any atom is 0.125 e. The fourth-order valence-electron chi connectivity index (χ4n) is 1.90. The van der Waals surface area contributed by atoms with E-state index in [9.17, 15) is 0 Å². The minimum absolute atomic E-state index is 0.0815. The highest BCUT2D eigenvalue weighted by atomic mass is 79.9. The first-order valence-corrected chi connectivity index (χ1v) is 6.41. The van der Waals surface area contributed by atoms with Crippen molar-refractivity contribution < 1.29 is 4.42 Å². The Morgan fingerprint density at radius 1 is 1.24 bits per heavy atom. The van der Waals surface area contributed by atoms with Crippen molar-refractivity contribution in [3.63, 3.8) is 0 Å². The molecule has 1 heterocycles. The molecular formula is C14H16BrNO. The lowest BCUT2D eigenvalue weighted by Crippen LogP contribution is -2.17. The van der Waals surface area contributed by atoms with Gasteiger partial charge in [0.2, 0.25) is 0 Å². The minimum Gasteiger partial charge on any atom is -0.464 e. The highest BCUT2D eigenvalue weighted by molar-refractivity contribution is 9.10. The van der Waals surface area contributed by atoms with Crippen LogP contribution in [0, 0.1) is 13.8 Å². The van der Waals surface area contributed by atoms with Gasteiger partial charge in [0.05, 0.1) is 6.04 Å². The molecule has 2 nitrogen and oxygen atoms in total. The van der Waals surface area contributed by atoms with Gasteiger partial charge in [0.25, 0.3) is 0 Å². The lowest BCUT2D eigenvalue weighted by Gasteiger charge is -2.15. The minimum atomic E-state index is 0.0815. The summed E-state index contributed by atoms with van der Waals surface area (Å²) in [6.07, 6.45) is 0. The van der Waals surface area contributed by atoms with Crippen LogP contribution in [0.3, 0.4) is 0 Å². The number of aryl methyl sites for hydroxylation is 2. The molecule has 0 saturated carbocycles. The molecule has 0 fully saturated rings. The van der Waals surface area contributed by atoms with Crippen LogP contribution in [0.15, 0.2) is 39.2 Å². The third-order valence-electron chi connectivity index (χ3n) is 2.97. The molecule has 2 rings (SSSR count). The van der Waals surface area contributed by atoms with Crippen LogP contribution in [0.4, 0.5) is 0 Å². The van der Waals surface area contributed by atoms with Crippen LogP contribution in [-0.2, 0) is 0 Å². The second-order valence-corrected chi connectivity index (χ2v) is 4.99. The van der Waals surface area contributed by atoms with Crippen molar-refractivity contribution in [1.29, 1.82) is 0 Å².